The van der Waals surface area contributed by atoms with E-state index in [2.05, 4.69) is 13.8 Å². The number of aryl methyl sites for hydroxylation is 1. The van der Waals surface area contributed by atoms with Crippen LogP contribution in [-0.4, -0.2) is 63.9 Å². The van der Waals surface area contributed by atoms with Crippen LogP contribution in [0.5, 0.6) is 11.5 Å². The first-order chi connectivity index (χ1) is 36.1. The predicted octanol–water partition coefficient (Wildman–Crippen LogP) is 15.4. The average Bonchev–Trinajstić information content (AvgIpc) is 3.80. The van der Waals surface area contributed by atoms with Crippen molar-refractivity contribution in [1.29, 1.82) is 0 Å². The van der Waals surface area contributed by atoms with Crippen molar-refractivity contribution in [3.8, 4) is 11.5 Å². The standard InChI is InChI=1S/C62H104N2O10/c1-5-7-9-11-13-15-17-19-21-23-25-27-29-31-33-35-37-39-46-71-54-43-41-42-53(59(54)72-47-40-38-36-34-32-30-28-26-24-22-20-18-16-14-12-10-8-6-2)61(69)64-60(68)51(3)49-63(62(64)70)57-48-55(56(50-65)73-57)74-58(67)45-44-52(4)66/h41-43,49,55-57,65H,5-40,44-48,50H2,1-4H3/t55?,56-,57-/m1/s1. The third-order valence-corrected chi connectivity index (χ3v) is 14.8. The van der Waals surface area contributed by atoms with Gasteiger partial charge in [0.2, 0.25) is 0 Å². The average molecular weight is 1040 g/mol. The zero-order valence-corrected chi connectivity index (χ0v) is 47.3. The molecule has 1 aliphatic rings. The third-order valence-electron chi connectivity index (χ3n) is 14.8. The highest BCUT2D eigenvalue weighted by atomic mass is 16.6. The Kier molecular flexibility index (Phi) is 36.1. The topological polar surface area (TPSA) is 152 Å². The number of ether oxygens (including phenoxy) is 4. The highest BCUT2D eigenvalue weighted by Crippen LogP contribution is 2.34. The van der Waals surface area contributed by atoms with Gasteiger partial charge in [-0.15, -0.1) is 0 Å². The number of esters is 1. The van der Waals surface area contributed by atoms with Crippen LogP contribution < -0.4 is 20.7 Å². The lowest BCUT2D eigenvalue weighted by Gasteiger charge is -2.19. The summed E-state index contributed by atoms with van der Waals surface area (Å²) in [4.78, 5) is 66.4. The molecular formula is C62H104N2O10. The number of aromatic nitrogens is 2. The third kappa shape index (κ3) is 26.8. The van der Waals surface area contributed by atoms with E-state index in [0.29, 0.717) is 23.5 Å². The molecule has 0 bridgehead atoms. The lowest BCUT2D eigenvalue weighted by atomic mass is 10.0. The highest BCUT2D eigenvalue weighted by molar-refractivity contribution is 5.99. The van der Waals surface area contributed by atoms with Crippen LogP contribution in [-0.2, 0) is 19.1 Å². The van der Waals surface area contributed by atoms with Crippen LogP contribution in [0.25, 0.3) is 0 Å². The highest BCUT2D eigenvalue weighted by Gasteiger charge is 2.40. The Morgan fingerprint density at radius 3 is 1.43 bits per heavy atom. The maximum atomic E-state index is 14.5. The van der Waals surface area contributed by atoms with Crippen LogP contribution in [0.2, 0.25) is 0 Å². The van der Waals surface area contributed by atoms with Gasteiger partial charge in [0.05, 0.1) is 31.8 Å². The van der Waals surface area contributed by atoms with Gasteiger partial charge in [0.25, 0.3) is 11.5 Å². The molecule has 0 radical (unpaired) electrons. The minimum Gasteiger partial charge on any atom is -0.490 e. The number of hydrogen-bond donors (Lipinski definition) is 1. The number of carbonyl (C=O) groups excluding carboxylic acids is 3. The normalized spacial score (nSPS) is 15.4. The van der Waals surface area contributed by atoms with E-state index in [1.165, 1.54) is 213 Å². The van der Waals surface area contributed by atoms with E-state index in [9.17, 15) is 29.1 Å². The summed E-state index contributed by atoms with van der Waals surface area (Å²) in [6.45, 7) is 7.72. The number of para-hydroxylation sites is 1. The van der Waals surface area contributed by atoms with E-state index in [1.807, 2.05) is 0 Å². The van der Waals surface area contributed by atoms with Crippen LogP contribution >= 0.6 is 0 Å². The second-order valence-corrected chi connectivity index (χ2v) is 21.6. The van der Waals surface area contributed by atoms with Gasteiger partial charge in [-0.05, 0) is 38.8 Å². The molecule has 1 aromatic carbocycles. The summed E-state index contributed by atoms with van der Waals surface area (Å²) >= 11 is 0. The number of ketones is 1. The fraction of sp³-hybridized carbons (Fsp3) is 0.790. The Labute approximate surface area is 447 Å². The molecule has 3 atom stereocenters. The van der Waals surface area contributed by atoms with E-state index in [-0.39, 0.29) is 41.9 Å². The Morgan fingerprint density at radius 2 is 1.01 bits per heavy atom. The number of unbranched alkanes of at least 4 members (excludes halogenated alkanes) is 34. The van der Waals surface area contributed by atoms with Crippen molar-refractivity contribution >= 4 is 17.7 Å². The second kappa shape index (κ2) is 41.4. The largest absolute Gasteiger partial charge is 0.490 e. The van der Waals surface area contributed by atoms with Gasteiger partial charge in [-0.1, -0.05) is 238 Å². The van der Waals surface area contributed by atoms with Gasteiger partial charge in [-0.3, -0.25) is 19.0 Å². The smallest absolute Gasteiger partial charge is 0.340 e. The number of aliphatic hydroxyl groups is 1. The quantitative estimate of drug-likeness (QED) is 0.0501. The summed E-state index contributed by atoms with van der Waals surface area (Å²) in [7, 11) is 0. The number of hydrogen-bond acceptors (Lipinski definition) is 10. The van der Waals surface area contributed by atoms with Crippen molar-refractivity contribution in [2.45, 2.75) is 297 Å². The molecule has 1 aliphatic heterocycles. The van der Waals surface area contributed by atoms with E-state index in [4.69, 9.17) is 18.9 Å². The van der Waals surface area contributed by atoms with Gasteiger partial charge in [0.1, 0.15) is 24.2 Å². The molecule has 0 saturated carbocycles. The van der Waals surface area contributed by atoms with Gasteiger partial charge < -0.3 is 28.8 Å². The van der Waals surface area contributed by atoms with E-state index in [0.717, 1.165) is 43.1 Å². The number of carbonyl (C=O) groups is 3. The minimum absolute atomic E-state index is 0.0146. The Balaban J connectivity index is 1.55. The summed E-state index contributed by atoms with van der Waals surface area (Å²) in [5.41, 5.74) is -1.56. The molecule has 74 heavy (non-hydrogen) atoms. The van der Waals surface area contributed by atoms with Crippen molar-refractivity contribution in [2.24, 2.45) is 0 Å². The monoisotopic (exact) mass is 1040 g/mol. The minimum atomic E-state index is -1.05. The number of aliphatic hydroxyl groups excluding tert-OH is 1. The molecule has 1 saturated heterocycles. The molecule has 3 rings (SSSR count). The lowest BCUT2D eigenvalue weighted by Crippen LogP contribution is -2.45. The number of rotatable bonds is 47. The van der Waals surface area contributed by atoms with Gasteiger partial charge in [-0.2, -0.15) is 4.57 Å². The van der Waals surface area contributed by atoms with Gasteiger partial charge in [0.15, 0.2) is 11.5 Å². The van der Waals surface area contributed by atoms with Crippen molar-refractivity contribution < 1.29 is 38.4 Å². The van der Waals surface area contributed by atoms with Gasteiger partial charge in [-0.25, -0.2) is 4.79 Å². The molecule has 12 nitrogen and oxygen atoms in total. The zero-order chi connectivity index (χ0) is 53.4. The van der Waals surface area contributed by atoms with E-state index >= 15 is 0 Å². The molecule has 1 aromatic heterocycles. The van der Waals surface area contributed by atoms with Crippen molar-refractivity contribution in [2.75, 3.05) is 19.8 Å². The zero-order valence-electron chi connectivity index (χ0n) is 47.3. The molecule has 0 aliphatic carbocycles. The van der Waals surface area contributed by atoms with Crippen LogP contribution in [0, 0.1) is 6.92 Å². The lowest BCUT2D eigenvalue weighted by molar-refractivity contribution is -0.153. The molecule has 0 spiro atoms. The predicted molar refractivity (Wildman–Crippen MR) is 300 cm³/mol. The van der Waals surface area contributed by atoms with Gasteiger partial charge in [0, 0.05) is 24.6 Å². The summed E-state index contributed by atoms with van der Waals surface area (Å²) in [5, 5.41) is 10.1. The fourth-order valence-electron chi connectivity index (χ4n) is 10.2. The van der Waals surface area contributed by atoms with Crippen LogP contribution in [0.15, 0.2) is 34.0 Å². The molecule has 2 aromatic rings. The maximum Gasteiger partial charge on any atom is 0.340 e. The first-order valence-corrected chi connectivity index (χ1v) is 30.4. The molecule has 2 heterocycles. The molecule has 1 N–H and O–H groups in total. The van der Waals surface area contributed by atoms with Gasteiger partial charge >= 0.3 is 11.7 Å². The van der Waals surface area contributed by atoms with Crippen molar-refractivity contribution in [1.82, 2.24) is 9.13 Å². The van der Waals surface area contributed by atoms with Crippen LogP contribution in [0.4, 0.5) is 0 Å². The van der Waals surface area contributed by atoms with Crippen molar-refractivity contribution in [3.05, 3.63) is 56.4 Å². The SMILES string of the molecule is CCCCCCCCCCCCCCCCCCCCOc1cccc(C(=O)n2c(=O)c(C)cn([C@H]3CC(OC(=O)CCC(C)=O)[C@@H](CO)O3)c2=O)c1OCCCCCCCCCCCCCCCCCCCC. The number of nitrogens with zero attached hydrogens (tertiary/aromatic N) is 2. The Bertz CT molecular complexity index is 1920. The van der Waals surface area contributed by atoms with Crippen molar-refractivity contribution in [3.63, 3.8) is 0 Å². The molecule has 1 unspecified atom stereocenters. The summed E-state index contributed by atoms with van der Waals surface area (Å²) in [5.74, 6) is -1.04. The molecule has 0 amide bonds. The maximum absolute atomic E-state index is 14.5. The van der Waals surface area contributed by atoms with E-state index < -0.39 is 48.2 Å². The molecular weight excluding hydrogens is 933 g/mol. The van der Waals surface area contributed by atoms with Crippen LogP contribution in [0.3, 0.4) is 0 Å². The molecule has 12 heteroatoms. The Morgan fingerprint density at radius 1 is 0.595 bits per heavy atom. The molecule has 1 fully saturated rings. The number of Topliss-reactive ketones (excluding diaryl/α,β-unsaturated/α-hetero) is 1. The number of benzene rings is 1. The Hall–Kier alpha value is -3.77. The fourth-order valence-corrected chi connectivity index (χ4v) is 10.2. The first kappa shape index (κ1) is 64.5. The van der Waals surface area contributed by atoms with Crippen LogP contribution in [0.1, 0.15) is 293 Å². The van der Waals surface area contributed by atoms with E-state index in [1.54, 1.807) is 18.2 Å². The first-order valence-electron chi connectivity index (χ1n) is 30.4. The summed E-state index contributed by atoms with van der Waals surface area (Å²) in [6, 6.07) is 5.00. The second-order valence-electron chi connectivity index (χ2n) is 21.6. The summed E-state index contributed by atoms with van der Waals surface area (Å²) in [6.07, 6.45) is 44.5. The molecule has 422 valence electrons. The summed E-state index contributed by atoms with van der Waals surface area (Å²) < 4.78 is 26.0.